The Balaban J connectivity index is 2.57. The number of rotatable bonds is 5. The van der Waals surface area contributed by atoms with Crippen LogP contribution in [-0.2, 0) is 11.3 Å². The quantitative estimate of drug-likeness (QED) is 0.329. The Labute approximate surface area is 111 Å². The number of nitrogens with two attached hydrogens (primary N) is 1. The van der Waals surface area contributed by atoms with Gasteiger partial charge in [-0.15, -0.1) is 0 Å². The van der Waals surface area contributed by atoms with Gasteiger partial charge in [-0.25, -0.2) is 0 Å². The van der Waals surface area contributed by atoms with E-state index in [1.54, 1.807) is 19.1 Å². The summed E-state index contributed by atoms with van der Waals surface area (Å²) in [5.74, 6) is -0.948. The molecule has 1 amide bonds. The van der Waals surface area contributed by atoms with E-state index in [1.165, 1.54) is 0 Å². The molecular weight excluding hydrogens is 254 g/mol. The molecule has 18 heavy (non-hydrogen) atoms. The van der Waals surface area contributed by atoms with Gasteiger partial charge in [-0.3, -0.25) is 4.79 Å². The van der Waals surface area contributed by atoms with E-state index in [-0.39, 0.29) is 11.7 Å². The summed E-state index contributed by atoms with van der Waals surface area (Å²) in [4.78, 5) is 11.8. The summed E-state index contributed by atoms with van der Waals surface area (Å²) in [5, 5.41) is 14.8. The van der Waals surface area contributed by atoms with Gasteiger partial charge in [-0.05, 0) is 24.1 Å². The van der Waals surface area contributed by atoms with E-state index in [4.69, 9.17) is 22.5 Å². The van der Waals surface area contributed by atoms with Crippen LogP contribution in [-0.4, -0.2) is 17.0 Å². The van der Waals surface area contributed by atoms with Crippen molar-refractivity contribution in [3.63, 3.8) is 0 Å². The fraction of sp³-hybridized carbons (Fsp3) is 0.333. The molecule has 0 aromatic heterocycles. The van der Waals surface area contributed by atoms with Gasteiger partial charge in [0.15, 0.2) is 5.84 Å². The molecule has 0 aliphatic rings. The molecule has 0 heterocycles. The van der Waals surface area contributed by atoms with Crippen molar-refractivity contribution in [2.45, 2.75) is 19.9 Å². The predicted octanol–water partition coefficient (Wildman–Crippen LogP) is 1.73. The van der Waals surface area contributed by atoms with E-state index < -0.39 is 5.92 Å². The smallest absolute Gasteiger partial charge is 0.231 e. The van der Waals surface area contributed by atoms with Gasteiger partial charge in [0.25, 0.3) is 0 Å². The number of hydrogen-bond donors (Lipinski definition) is 3. The lowest BCUT2D eigenvalue weighted by molar-refractivity contribution is -0.123. The lowest BCUT2D eigenvalue weighted by atomic mass is 10.0. The van der Waals surface area contributed by atoms with Crippen LogP contribution in [0.5, 0.6) is 0 Å². The van der Waals surface area contributed by atoms with Crippen LogP contribution in [0, 0.1) is 5.92 Å². The number of halogens is 1. The summed E-state index contributed by atoms with van der Waals surface area (Å²) in [5.41, 5.74) is 6.37. The van der Waals surface area contributed by atoms with E-state index in [1.807, 2.05) is 12.1 Å². The Morgan fingerprint density at radius 2 is 2.11 bits per heavy atom. The van der Waals surface area contributed by atoms with E-state index in [9.17, 15) is 4.79 Å². The monoisotopic (exact) mass is 269 g/mol. The number of oxime groups is 1. The topological polar surface area (TPSA) is 87.7 Å². The lowest BCUT2D eigenvalue weighted by Gasteiger charge is -2.13. The Bertz CT molecular complexity index is 431. The van der Waals surface area contributed by atoms with Crippen LogP contribution in [0.15, 0.2) is 29.4 Å². The van der Waals surface area contributed by atoms with Gasteiger partial charge in [0.2, 0.25) is 5.91 Å². The largest absolute Gasteiger partial charge is 0.409 e. The molecule has 0 aliphatic carbocycles. The van der Waals surface area contributed by atoms with Crippen molar-refractivity contribution in [3.8, 4) is 0 Å². The van der Waals surface area contributed by atoms with E-state index >= 15 is 0 Å². The average Bonchev–Trinajstić information content (AvgIpc) is 2.38. The van der Waals surface area contributed by atoms with Crippen LogP contribution >= 0.6 is 11.6 Å². The Morgan fingerprint density at radius 1 is 1.50 bits per heavy atom. The molecule has 5 nitrogen and oxygen atoms in total. The molecule has 0 saturated carbocycles. The summed E-state index contributed by atoms with van der Waals surface area (Å²) >= 11 is 5.76. The molecular formula is C12H16ClN3O2. The highest BCUT2D eigenvalue weighted by Crippen LogP contribution is 2.10. The highest BCUT2D eigenvalue weighted by Gasteiger charge is 2.20. The van der Waals surface area contributed by atoms with Crippen LogP contribution in [0.3, 0.4) is 0 Å². The lowest BCUT2D eigenvalue weighted by Crippen LogP contribution is -2.38. The average molecular weight is 270 g/mol. The summed E-state index contributed by atoms with van der Waals surface area (Å²) in [6.45, 7) is 2.18. The molecule has 6 heteroatoms. The third kappa shape index (κ3) is 3.92. The normalized spacial score (nSPS) is 13.1. The molecule has 0 radical (unpaired) electrons. The molecule has 1 atom stereocenters. The Morgan fingerprint density at radius 3 is 2.61 bits per heavy atom. The van der Waals surface area contributed by atoms with Crippen LogP contribution < -0.4 is 11.1 Å². The maximum atomic E-state index is 11.8. The number of amides is 1. The van der Waals surface area contributed by atoms with Crippen molar-refractivity contribution < 1.29 is 10.0 Å². The second-order valence-electron chi connectivity index (χ2n) is 3.83. The van der Waals surface area contributed by atoms with Gasteiger partial charge in [0, 0.05) is 11.6 Å². The van der Waals surface area contributed by atoms with Crippen LogP contribution in [0.4, 0.5) is 0 Å². The summed E-state index contributed by atoms with van der Waals surface area (Å²) in [6, 6.07) is 7.16. The summed E-state index contributed by atoms with van der Waals surface area (Å²) in [6.07, 6.45) is 0.475. The number of benzene rings is 1. The number of hydrogen-bond acceptors (Lipinski definition) is 3. The molecule has 0 saturated heterocycles. The standard InChI is InChI=1S/C12H16ClN3O2/c1-2-10(11(14)16-18)12(17)15-7-8-3-5-9(13)6-4-8/h3-6,10,18H,2,7H2,1H3,(H2,14,16)(H,15,17). The molecule has 0 spiro atoms. The molecule has 1 aromatic carbocycles. The van der Waals surface area contributed by atoms with Crippen LogP contribution in [0.25, 0.3) is 0 Å². The third-order valence-corrected chi connectivity index (χ3v) is 2.83. The van der Waals surface area contributed by atoms with Gasteiger partial charge in [-0.1, -0.05) is 35.8 Å². The second-order valence-corrected chi connectivity index (χ2v) is 4.27. The van der Waals surface area contributed by atoms with Crippen molar-refractivity contribution in [2.24, 2.45) is 16.8 Å². The molecule has 4 N–H and O–H groups in total. The van der Waals surface area contributed by atoms with Gasteiger partial charge in [0.1, 0.15) is 0 Å². The van der Waals surface area contributed by atoms with Gasteiger partial charge in [-0.2, -0.15) is 0 Å². The van der Waals surface area contributed by atoms with Crippen molar-refractivity contribution in [1.82, 2.24) is 5.32 Å². The minimum Gasteiger partial charge on any atom is -0.409 e. The first kappa shape index (κ1) is 14.3. The van der Waals surface area contributed by atoms with Crippen molar-refractivity contribution in [1.29, 1.82) is 0 Å². The first-order chi connectivity index (χ1) is 8.58. The second kappa shape index (κ2) is 6.86. The molecule has 0 fully saturated rings. The maximum absolute atomic E-state index is 11.8. The number of nitrogens with zero attached hydrogens (tertiary/aromatic N) is 1. The van der Waals surface area contributed by atoms with Crippen molar-refractivity contribution >= 4 is 23.3 Å². The first-order valence-electron chi connectivity index (χ1n) is 5.58. The van der Waals surface area contributed by atoms with Gasteiger partial charge >= 0.3 is 0 Å². The molecule has 1 unspecified atom stereocenters. The first-order valence-corrected chi connectivity index (χ1v) is 5.95. The predicted molar refractivity (Wildman–Crippen MR) is 70.5 cm³/mol. The number of carbonyl (C=O) groups is 1. The Kier molecular flexibility index (Phi) is 5.45. The van der Waals surface area contributed by atoms with Crippen molar-refractivity contribution in [3.05, 3.63) is 34.9 Å². The SMILES string of the molecule is CCC(C(=O)NCc1ccc(Cl)cc1)C(N)=NO. The van der Waals surface area contributed by atoms with E-state index in [0.717, 1.165) is 5.56 Å². The highest BCUT2D eigenvalue weighted by atomic mass is 35.5. The highest BCUT2D eigenvalue weighted by molar-refractivity contribution is 6.30. The number of nitrogens with one attached hydrogen (secondary N) is 1. The minimum absolute atomic E-state index is 0.0777. The van der Waals surface area contributed by atoms with Crippen LogP contribution in [0.2, 0.25) is 5.02 Å². The van der Waals surface area contributed by atoms with E-state index in [2.05, 4.69) is 10.5 Å². The number of carbonyl (C=O) groups excluding carboxylic acids is 1. The zero-order valence-electron chi connectivity index (χ0n) is 10.1. The van der Waals surface area contributed by atoms with E-state index in [0.29, 0.717) is 18.0 Å². The zero-order valence-corrected chi connectivity index (χ0v) is 10.8. The fourth-order valence-corrected chi connectivity index (χ4v) is 1.64. The molecule has 98 valence electrons. The van der Waals surface area contributed by atoms with Gasteiger partial charge in [0.05, 0.1) is 5.92 Å². The maximum Gasteiger partial charge on any atom is 0.231 e. The Hall–Kier alpha value is -1.75. The molecule has 0 bridgehead atoms. The molecule has 1 aromatic rings. The molecule has 0 aliphatic heterocycles. The fourth-order valence-electron chi connectivity index (χ4n) is 1.51. The number of amidine groups is 1. The minimum atomic E-state index is -0.609. The third-order valence-electron chi connectivity index (χ3n) is 2.58. The summed E-state index contributed by atoms with van der Waals surface area (Å²) in [7, 11) is 0. The van der Waals surface area contributed by atoms with Crippen LogP contribution in [0.1, 0.15) is 18.9 Å². The van der Waals surface area contributed by atoms with Gasteiger partial charge < -0.3 is 16.3 Å². The zero-order chi connectivity index (χ0) is 13.5. The molecule has 1 rings (SSSR count). The van der Waals surface area contributed by atoms with Crippen molar-refractivity contribution in [2.75, 3.05) is 0 Å². The summed E-state index contributed by atoms with van der Waals surface area (Å²) < 4.78 is 0.